The van der Waals surface area contributed by atoms with E-state index in [1.807, 2.05) is 25.1 Å². The summed E-state index contributed by atoms with van der Waals surface area (Å²) in [5, 5.41) is 3.93. The first-order valence-corrected chi connectivity index (χ1v) is 7.53. The Hall–Kier alpha value is -1.33. The summed E-state index contributed by atoms with van der Waals surface area (Å²) in [6.07, 6.45) is 1.79. The summed E-state index contributed by atoms with van der Waals surface area (Å²) in [6, 6.07) is 5.62. The quantitative estimate of drug-likeness (QED) is 0.848. The number of hydrogen-bond donors (Lipinski definition) is 2. The Morgan fingerprint density at radius 3 is 2.75 bits per heavy atom. The van der Waals surface area contributed by atoms with Crippen LogP contribution in [0, 0.1) is 6.92 Å². The van der Waals surface area contributed by atoms with E-state index in [2.05, 4.69) is 38.1 Å². The Labute approximate surface area is 131 Å². The van der Waals surface area contributed by atoms with Crippen molar-refractivity contribution in [3.05, 3.63) is 39.1 Å². The lowest BCUT2D eigenvalue weighted by Gasteiger charge is -2.12. The predicted molar refractivity (Wildman–Crippen MR) is 87.6 cm³/mol. The predicted octanol–water partition coefficient (Wildman–Crippen LogP) is 4.48. The molecule has 0 radical (unpaired) electrons. The Bertz CT molecular complexity index is 631. The maximum Gasteiger partial charge on any atom is 0.139 e. The van der Waals surface area contributed by atoms with Crippen LogP contribution < -0.4 is 11.1 Å². The van der Waals surface area contributed by atoms with Gasteiger partial charge in [-0.2, -0.15) is 0 Å². The third kappa shape index (κ3) is 3.41. The van der Waals surface area contributed by atoms with Gasteiger partial charge in [0.05, 0.1) is 5.02 Å². The number of aryl methyl sites for hydroxylation is 1. The smallest absolute Gasteiger partial charge is 0.139 e. The summed E-state index contributed by atoms with van der Waals surface area (Å²) in [7, 11) is 0. The van der Waals surface area contributed by atoms with E-state index in [9.17, 15) is 0 Å². The summed E-state index contributed by atoms with van der Waals surface area (Å²) in [5.74, 6) is 2.00. The molecule has 2 rings (SSSR count). The van der Waals surface area contributed by atoms with Crippen LogP contribution >= 0.6 is 27.5 Å². The van der Waals surface area contributed by atoms with Gasteiger partial charge in [0.1, 0.15) is 17.5 Å². The SMILES string of the molecule is CCCc1nc(N)c(C)c(Nc2ccc(Cl)c(Br)c2)n1. The van der Waals surface area contributed by atoms with Gasteiger partial charge in [-0.1, -0.05) is 18.5 Å². The summed E-state index contributed by atoms with van der Waals surface area (Å²) < 4.78 is 0.831. The molecule has 0 aliphatic carbocycles. The van der Waals surface area contributed by atoms with Gasteiger partial charge in [0.2, 0.25) is 0 Å². The Morgan fingerprint density at radius 2 is 2.10 bits per heavy atom. The molecule has 0 saturated heterocycles. The molecule has 0 atom stereocenters. The molecule has 1 aromatic carbocycles. The minimum Gasteiger partial charge on any atom is -0.383 e. The van der Waals surface area contributed by atoms with Crippen LogP contribution in [0.1, 0.15) is 24.7 Å². The summed E-state index contributed by atoms with van der Waals surface area (Å²) >= 11 is 9.39. The summed E-state index contributed by atoms with van der Waals surface area (Å²) in [4.78, 5) is 8.81. The van der Waals surface area contributed by atoms with E-state index >= 15 is 0 Å². The van der Waals surface area contributed by atoms with Crippen molar-refractivity contribution in [2.24, 2.45) is 0 Å². The number of nitrogens with one attached hydrogen (secondary N) is 1. The number of anilines is 3. The molecule has 2 aromatic rings. The minimum atomic E-state index is 0.513. The van der Waals surface area contributed by atoms with Gasteiger partial charge in [-0.15, -0.1) is 0 Å². The molecule has 0 amide bonds. The van der Waals surface area contributed by atoms with E-state index in [1.165, 1.54) is 0 Å². The summed E-state index contributed by atoms with van der Waals surface area (Å²) in [6.45, 7) is 3.99. The molecule has 0 aliphatic heterocycles. The standard InChI is InChI=1S/C14H16BrClN4/c1-3-4-12-19-13(17)8(2)14(20-12)18-9-5-6-11(16)10(15)7-9/h5-7H,3-4H2,1-2H3,(H3,17,18,19,20). The second-order valence-corrected chi connectivity index (χ2v) is 5.76. The number of benzene rings is 1. The molecule has 6 heteroatoms. The monoisotopic (exact) mass is 354 g/mol. The Morgan fingerprint density at radius 1 is 1.35 bits per heavy atom. The molecule has 0 fully saturated rings. The molecule has 20 heavy (non-hydrogen) atoms. The van der Waals surface area contributed by atoms with E-state index in [4.69, 9.17) is 17.3 Å². The highest BCUT2D eigenvalue weighted by atomic mass is 79.9. The highest BCUT2D eigenvalue weighted by Crippen LogP contribution is 2.28. The lowest BCUT2D eigenvalue weighted by molar-refractivity contribution is 0.836. The zero-order chi connectivity index (χ0) is 14.7. The average molecular weight is 356 g/mol. The zero-order valence-corrected chi connectivity index (χ0v) is 13.7. The highest BCUT2D eigenvalue weighted by molar-refractivity contribution is 9.10. The van der Waals surface area contributed by atoms with Crippen LogP contribution in [0.2, 0.25) is 5.02 Å². The molecule has 0 unspecified atom stereocenters. The fourth-order valence-corrected chi connectivity index (χ4v) is 2.25. The second kappa shape index (κ2) is 6.41. The van der Waals surface area contributed by atoms with Gasteiger partial charge in [-0.25, -0.2) is 9.97 Å². The van der Waals surface area contributed by atoms with Gasteiger partial charge in [-0.3, -0.25) is 0 Å². The van der Waals surface area contributed by atoms with Gasteiger partial charge < -0.3 is 11.1 Å². The molecule has 0 aliphatic rings. The van der Waals surface area contributed by atoms with Gasteiger partial charge in [0.25, 0.3) is 0 Å². The second-order valence-electron chi connectivity index (χ2n) is 4.50. The molecule has 4 nitrogen and oxygen atoms in total. The van der Waals surface area contributed by atoms with E-state index < -0.39 is 0 Å². The van der Waals surface area contributed by atoms with Crippen molar-refractivity contribution in [3.8, 4) is 0 Å². The molecule has 0 saturated carbocycles. The number of hydrogen-bond acceptors (Lipinski definition) is 4. The van der Waals surface area contributed by atoms with E-state index in [0.29, 0.717) is 10.8 Å². The molecular formula is C14H16BrClN4. The van der Waals surface area contributed by atoms with Crippen LogP contribution in [0.15, 0.2) is 22.7 Å². The molecule has 106 valence electrons. The number of aromatic nitrogens is 2. The zero-order valence-electron chi connectivity index (χ0n) is 11.4. The number of rotatable bonds is 4. The third-order valence-electron chi connectivity index (χ3n) is 2.89. The first kappa shape index (κ1) is 15.1. The first-order valence-electron chi connectivity index (χ1n) is 6.36. The van der Waals surface area contributed by atoms with Crippen molar-refractivity contribution in [2.75, 3.05) is 11.1 Å². The molecule has 1 aromatic heterocycles. The van der Waals surface area contributed by atoms with E-state index in [-0.39, 0.29) is 0 Å². The number of nitrogens with zero attached hydrogens (tertiary/aromatic N) is 2. The van der Waals surface area contributed by atoms with Crippen LogP contribution in [-0.4, -0.2) is 9.97 Å². The first-order chi connectivity index (χ1) is 9.51. The Kier molecular flexibility index (Phi) is 4.83. The number of nitrogens with two attached hydrogens (primary N) is 1. The average Bonchev–Trinajstić information content (AvgIpc) is 2.40. The van der Waals surface area contributed by atoms with Gasteiger partial charge in [0, 0.05) is 22.1 Å². The van der Waals surface area contributed by atoms with Gasteiger partial charge >= 0.3 is 0 Å². The molecule has 1 heterocycles. The van der Waals surface area contributed by atoms with E-state index in [1.54, 1.807) is 0 Å². The van der Waals surface area contributed by atoms with Crippen molar-refractivity contribution in [1.29, 1.82) is 0 Å². The molecule has 0 bridgehead atoms. The highest BCUT2D eigenvalue weighted by Gasteiger charge is 2.09. The Balaban J connectivity index is 2.34. The normalized spacial score (nSPS) is 10.6. The lowest BCUT2D eigenvalue weighted by atomic mass is 10.2. The number of halogens is 2. The lowest BCUT2D eigenvalue weighted by Crippen LogP contribution is -2.07. The van der Waals surface area contributed by atoms with Crippen LogP contribution in [0.3, 0.4) is 0 Å². The van der Waals surface area contributed by atoms with E-state index in [0.717, 1.165) is 40.2 Å². The van der Waals surface area contributed by atoms with Crippen LogP contribution in [-0.2, 0) is 6.42 Å². The fourth-order valence-electron chi connectivity index (χ4n) is 1.75. The van der Waals surface area contributed by atoms with Crippen molar-refractivity contribution in [3.63, 3.8) is 0 Å². The minimum absolute atomic E-state index is 0.513. The van der Waals surface area contributed by atoms with Crippen molar-refractivity contribution < 1.29 is 0 Å². The maximum atomic E-state index is 5.99. The van der Waals surface area contributed by atoms with Crippen LogP contribution in [0.4, 0.5) is 17.3 Å². The van der Waals surface area contributed by atoms with Crippen LogP contribution in [0.5, 0.6) is 0 Å². The molecule has 3 N–H and O–H groups in total. The third-order valence-corrected chi connectivity index (χ3v) is 4.10. The van der Waals surface area contributed by atoms with Crippen molar-refractivity contribution in [2.45, 2.75) is 26.7 Å². The largest absolute Gasteiger partial charge is 0.383 e. The van der Waals surface area contributed by atoms with Crippen LogP contribution in [0.25, 0.3) is 0 Å². The van der Waals surface area contributed by atoms with Gasteiger partial charge in [0.15, 0.2) is 0 Å². The molecular weight excluding hydrogens is 340 g/mol. The van der Waals surface area contributed by atoms with Crippen molar-refractivity contribution >= 4 is 44.9 Å². The topological polar surface area (TPSA) is 63.8 Å². The number of nitrogen functional groups attached to an aromatic ring is 1. The summed E-state index contributed by atoms with van der Waals surface area (Å²) in [5.41, 5.74) is 7.67. The van der Waals surface area contributed by atoms with Gasteiger partial charge in [-0.05, 0) is 47.5 Å². The molecule has 0 spiro atoms. The fraction of sp³-hybridized carbons (Fsp3) is 0.286. The van der Waals surface area contributed by atoms with Crippen molar-refractivity contribution in [1.82, 2.24) is 9.97 Å². The maximum absolute atomic E-state index is 5.99.